The fourth-order valence-electron chi connectivity index (χ4n) is 2.94. The summed E-state index contributed by atoms with van der Waals surface area (Å²) in [6.07, 6.45) is 1.27. The fourth-order valence-corrected chi connectivity index (χ4v) is 2.94. The Morgan fingerprint density at radius 3 is 2.38 bits per heavy atom. The molecule has 0 saturated carbocycles. The van der Waals surface area contributed by atoms with Gasteiger partial charge in [-0.3, -0.25) is 0 Å². The quantitative estimate of drug-likeness (QED) is 0.295. The SMILES string of the molecule is N#Cc1c(N)c(F)c(F)c(C#N)c1-n1cc(-c2ccnc3[nH]ccc23)cn1.O=C(O)C(F)(F)F. The fraction of sp³-hybridized carbons (Fsp3) is 0.0500. The van der Waals surface area contributed by atoms with E-state index in [9.17, 15) is 32.5 Å². The van der Waals surface area contributed by atoms with Crippen LogP contribution in [0.4, 0.5) is 27.6 Å². The van der Waals surface area contributed by atoms with Crippen molar-refractivity contribution in [2.75, 3.05) is 5.73 Å². The van der Waals surface area contributed by atoms with Crippen LogP contribution in [0.2, 0.25) is 0 Å². The number of carbonyl (C=O) groups is 1. The van der Waals surface area contributed by atoms with Crippen LogP contribution in [0.25, 0.3) is 27.8 Å². The number of nitrogens with zero attached hydrogens (tertiary/aromatic N) is 5. The van der Waals surface area contributed by atoms with Crippen molar-refractivity contribution in [2.24, 2.45) is 0 Å². The molecule has 172 valence electrons. The molecule has 0 atom stereocenters. The highest BCUT2D eigenvalue weighted by molar-refractivity contribution is 5.92. The van der Waals surface area contributed by atoms with Gasteiger partial charge in [0, 0.05) is 29.5 Å². The number of carboxylic acids is 1. The van der Waals surface area contributed by atoms with E-state index in [1.807, 2.05) is 6.07 Å². The van der Waals surface area contributed by atoms with Crippen molar-refractivity contribution < 1.29 is 31.9 Å². The molecule has 0 spiro atoms. The van der Waals surface area contributed by atoms with Gasteiger partial charge in [-0.25, -0.2) is 23.2 Å². The second kappa shape index (κ2) is 8.87. The van der Waals surface area contributed by atoms with E-state index in [0.29, 0.717) is 11.2 Å². The highest BCUT2D eigenvalue weighted by atomic mass is 19.4. The average molecular weight is 475 g/mol. The van der Waals surface area contributed by atoms with Crippen LogP contribution in [-0.4, -0.2) is 37.0 Å². The van der Waals surface area contributed by atoms with Crippen LogP contribution in [0.3, 0.4) is 0 Å². The highest BCUT2D eigenvalue weighted by Gasteiger charge is 2.38. The Morgan fingerprint density at radius 2 is 1.79 bits per heavy atom. The molecule has 0 bridgehead atoms. The molecular formula is C20H10F5N7O2. The number of rotatable bonds is 2. The maximum Gasteiger partial charge on any atom is 0.490 e. The van der Waals surface area contributed by atoms with Crippen molar-refractivity contribution in [3.8, 4) is 29.0 Å². The van der Waals surface area contributed by atoms with Crippen molar-refractivity contribution in [3.63, 3.8) is 0 Å². The minimum atomic E-state index is -5.08. The van der Waals surface area contributed by atoms with Gasteiger partial charge < -0.3 is 15.8 Å². The first kappa shape index (κ1) is 23.7. The zero-order chi connectivity index (χ0) is 25.2. The number of nitriles is 2. The molecule has 0 aliphatic rings. The van der Waals surface area contributed by atoms with Crippen molar-refractivity contribution in [1.82, 2.24) is 19.7 Å². The van der Waals surface area contributed by atoms with Gasteiger partial charge in [0.2, 0.25) is 0 Å². The van der Waals surface area contributed by atoms with Gasteiger partial charge in [-0.15, -0.1) is 0 Å². The number of hydrogen-bond acceptors (Lipinski definition) is 6. The first-order chi connectivity index (χ1) is 16.0. The van der Waals surface area contributed by atoms with E-state index in [1.165, 1.54) is 12.4 Å². The number of benzene rings is 1. The van der Waals surface area contributed by atoms with Gasteiger partial charge in [0.15, 0.2) is 11.6 Å². The normalized spacial score (nSPS) is 10.8. The number of fused-ring (bicyclic) bond motifs is 1. The number of H-pyrrole nitrogens is 1. The molecule has 4 N–H and O–H groups in total. The number of carboxylic acid groups (broad SMARTS) is 1. The van der Waals surface area contributed by atoms with Crippen LogP contribution in [-0.2, 0) is 4.79 Å². The Labute approximate surface area is 186 Å². The Morgan fingerprint density at radius 1 is 1.15 bits per heavy atom. The van der Waals surface area contributed by atoms with E-state index in [4.69, 9.17) is 15.6 Å². The summed E-state index contributed by atoms with van der Waals surface area (Å²) >= 11 is 0. The summed E-state index contributed by atoms with van der Waals surface area (Å²) in [5, 5.41) is 30.7. The number of aromatic nitrogens is 4. The molecule has 4 aromatic rings. The number of aromatic amines is 1. The number of pyridine rings is 1. The molecule has 14 heteroatoms. The number of alkyl halides is 3. The molecule has 0 amide bonds. The van der Waals surface area contributed by atoms with Gasteiger partial charge in [0.1, 0.15) is 34.6 Å². The van der Waals surface area contributed by atoms with Crippen LogP contribution in [0.15, 0.2) is 36.9 Å². The van der Waals surface area contributed by atoms with Gasteiger partial charge in [-0.05, 0) is 17.7 Å². The third-order valence-corrected chi connectivity index (χ3v) is 4.44. The van der Waals surface area contributed by atoms with Crippen molar-refractivity contribution in [1.29, 1.82) is 10.5 Å². The lowest BCUT2D eigenvalue weighted by atomic mass is 10.0. The molecule has 9 nitrogen and oxygen atoms in total. The van der Waals surface area contributed by atoms with Crippen LogP contribution in [0.1, 0.15) is 11.1 Å². The molecule has 3 aromatic heterocycles. The number of nitrogen functional groups attached to an aromatic ring is 1. The van der Waals surface area contributed by atoms with E-state index in [1.54, 1.807) is 30.6 Å². The lowest BCUT2D eigenvalue weighted by Gasteiger charge is -2.11. The second-order valence-corrected chi connectivity index (χ2v) is 6.44. The minimum Gasteiger partial charge on any atom is -0.475 e. The van der Waals surface area contributed by atoms with Crippen LogP contribution in [0.5, 0.6) is 0 Å². The number of nitrogens with one attached hydrogen (secondary N) is 1. The molecule has 0 fully saturated rings. The molecule has 0 radical (unpaired) electrons. The number of hydrogen-bond donors (Lipinski definition) is 3. The third-order valence-electron chi connectivity index (χ3n) is 4.44. The number of aliphatic carboxylic acids is 1. The van der Waals surface area contributed by atoms with E-state index < -0.39 is 35.0 Å². The van der Waals surface area contributed by atoms with Crippen molar-refractivity contribution in [2.45, 2.75) is 6.18 Å². The van der Waals surface area contributed by atoms with E-state index >= 15 is 0 Å². The molecular weight excluding hydrogens is 465 g/mol. The lowest BCUT2D eigenvalue weighted by Crippen LogP contribution is -2.21. The molecule has 3 heterocycles. The first-order valence-electron chi connectivity index (χ1n) is 8.89. The molecule has 0 unspecified atom stereocenters. The highest BCUT2D eigenvalue weighted by Crippen LogP contribution is 2.32. The van der Waals surface area contributed by atoms with E-state index in [2.05, 4.69) is 15.1 Å². The summed E-state index contributed by atoms with van der Waals surface area (Å²) in [5.41, 5.74) is 5.76. The van der Waals surface area contributed by atoms with Crippen molar-refractivity contribution >= 4 is 22.7 Å². The molecule has 0 aliphatic heterocycles. The third kappa shape index (κ3) is 4.20. The minimum absolute atomic E-state index is 0.206. The standard InChI is InChI=1S/C18H9F2N7.C2HF3O2/c19-14-12(5-21)17(13(6-22)16(23)15(14)20)27-8-9(7-26-27)10-1-3-24-18-11(10)2-4-25-18;3-2(4,5)1(6)7/h1-4,7-8H,23H2,(H,24,25);(H,6,7). The molecule has 0 saturated heterocycles. The molecule has 0 aliphatic carbocycles. The Kier molecular flexibility index (Phi) is 6.18. The largest absolute Gasteiger partial charge is 0.490 e. The summed E-state index contributed by atoms with van der Waals surface area (Å²) < 4.78 is 60.9. The van der Waals surface area contributed by atoms with Crippen LogP contribution < -0.4 is 5.73 Å². The summed E-state index contributed by atoms with van der Waals surface area (Å²) in [4.78, 5) is 16.1. The smallest absolute Gasteiger partial charge is 0.475 e. The van der Waals surface area contributed by atoms with E-state index in [-0.39, 0.29) is 11.3 Å². The van der Waals surface area contributed by atoms with Crippen LogP contribution in [0, 0.1) is 34.3 Å². The Balaban J connectivity index is 0.000000406. The van der Waals surface area contributed by atoms with Gasteiger partial charge >= 0.3 is 12.1 Å². The summed E-state index contributed by atoms with van der Waals surface area (Å²) in [7, 11) is 0. The van der Waals surface area contributed by atoms with Gasteiger partial charge in [0.05, 0.1) is 11.9 Å². The number of halogens is 5. The molecule has 4 rings (SSSR count). The Hall–Kier alpha value is -4.98. The number of anilines is 1. The summed E-state index contributed by atoms with van der Waals surface area (Å²) in [5.74, 6) is -5.60. The monoisotopic (exact) mass is 475 g/mol. The van der Waals surface area contributed by atoms with Gasteiger partial charge in [-0.1, -0.05) is 0 Å². The predicted octanol–water partition coefficient (Wildman–Crippen LogP) is 3.65. The maximum atomic E-state index is 14.2. The zero-order valence-corrected chi connectivity index (χ0v) is 16.5. The predicted molar refractivity (Wildman–Crippen MR) is 106 cm³/mol. The molecule has 1 aromatic carbocycles. The van der Waals surface area contributed by atoms with Crippen LogP contribution >= 0.6 is 0 Å². The summed E-state index contributed by atoms with van der Waals surface area (Å²) in [6, 6.07) is 6.91. The van der Waals surface area contributed by atoms with E-state index in [0.717, 1.165) is 15.6 Å². The average Bonchev–Trinajstić information content (AvgIpc) is 3.46. The second-order valence-electron chi connectivity index (χ2n) is 6.44. The topological polar surface area (TPSA) is 157 Å². The summed E-state index contributed by atoms with van der Waals surface area (Å²) in [6.45, 7) is 0. The maximum absolute atomic E-state index is 14.2. The lowest BCUT2D eigenvalue weighted by molar-refractivity contribution is -0.192. The Bertz CT molecular complexity index is 1450. The zero-order valence-electron chi connectivity index (χ0n) is 16.5. The first-order valence-corrected chi connectivity index (χ1v) is 8.89. The number of nitrogens with two attached hydrogens (primary N) is 1. The van der Waals surface area contributed by atoms with Crippen molar-refractivity contribution in [3.05, 3.63) is 59.7 Å². The molecule has 34 heavy (non-hydrogen) atoms. The van der Waals surface area contributed by atoms with Gasteiger partial charge in [-0.2, -0.15) is 28.8 Å². The van der Waals surface area contributed by atoms with Gasteiger partial charge in [0.25, 0.3) is 0 Å².